The van der Waals surface area contributed by atoms with Crippen molar-refractivity contribution >= 4 is 34.4 Å². The highest BCUT2D eigenvalue weighted by Crippen LogP contribution is 2.33. The summed E-state index contributed by atoms with van der Waals surface area (Å²) in [5.41, 5.74) is 3.91. The number of carbonyl (C=O) groups excluding carboxylic acids is 2. The summed E-state index contributed by atoms with van der Waals surface area (Å²) in [5.74, 6) is -1.89. The van der Waals surface area contributed by atoms with Crippen molar-refractivity contribution in [3.8, 4) is 5.75 Å². The fraction of sp³-hybridized carbons (Fsp3) is 0.281. The van der Waals surface area contributed by atoms with Gasteiger partial charge in [0.1, 0.15) is 18.1 Å². The third kappa shape index (κ3) is 6.57. The largest absolute Gasteiger partial charge is 0.497 e. The first-order chi connectivity index (χ1) is 19.8. The minimum atomic E-state index is -0.972. The number of anilines is 1. The normalized spacial score (nSPS) is 15.1. The van der Waals surface area contributed by atoms with Crippen LogP contribution in [0.5, 0.6) is 5.75 Å². The second-order valence-electron chi connectivity index (χ2n) is 10.4. The average molecular weight is 558 g/mol. The van der Waals surface area contributed by atoms with E-state index < -0.39 is 17.7 Å². The summed E-state index contributed by atoms with van der Waals surface area (Å²) in [5, 5.41) is 16.1. The standard InChI is InChI=1S/C32H32FN3O5/c1-41-25-9-5-8-23(17-25)34-30(37)15-21(14-20-6-3-2-4-7-20)32(40)35-24-11-13-29-27(18-24)26-16-22(33)10-12-28(26)36(29)19-31(38)39/h2-10,12,16-17,21,24H,11,13-15,18-19H2,1H3,(H,34,37)(H,35,40)(H,38,39)/t21-,24-/m0/s1. The highest BCUT2D eigenvalue weighted by atomic mass is 19.1. The predicted octanol–water partition coefficient (Wildman–Crippen LogP) is 4.73. The summed E-state index contributed by atoms with van der Waals surface area (Å²) in [4.78, 5) is 38.2. The molecule has 0 aliphatic heterocycles. The summed E-state index contributed by atoms with van der Waals surface area (Å²) >= 11 is 0. The van der Waals surface area contributed by atoms with Gasteiger partial charge in [-0.2, -0.15) is 0 Å². The Hall–Kier alpha value is -4.66. The van der Waals surface area contributed by atoms with Crippen LogP contribution in [0.25, 0.3) is 10.9 Å². The number of amides is 2. The number of carboxylic acid groups (broad SMARTS) is 1. The Morgan fingerprint density at radius 1 is 1.07 bits per heavy atom. The minimum Gasteiger partial charge on any atom is -0.497 e. The highest BCUT2D eigenvalue weighted by Gasteiger charge is 2.30. The number of nitrogens with zero attached hydrogens (tertiary/aromatic N) is 1. The zero-order valence-corrected chi connectivity index (χ0v) is 22.7. The van der Waals surface area contributed by atoms with E-state index in [1.165, 1.54) is 12.1 Å². The third-order valence-corrected chi connectivity index (χ3v) is 7.55. The number of hydrogen-bond donors (Lipinski definition) is 3. The molecule has 3 aromatic carbocycles. The number of fused-ring (bicyclic) bond motifs is 3. The Bertz CT molecular complexity index is 1580. The first kappa shape index (κ1) is 27.9. The van der Waals surface area contributed by atoms with E-state index in [0.29, 0.717) is 48.0 Å². The Labute approximate surface area is 237 Å². The quantitative estimate of drug-likeness (QED) is 0.261. The predicted molar refractivity (Wildman–Crippen MR) is 153 cm³/mol. The molecule has 0 radical (unpaired) electrons. The van der Waals surface area contributed by atoms with Crippen molar-refractivity contribution in [2.75, 3.05) is 12.4 Å². The van der Waals surface area contributed by atoms with Gasteiger partial charge in [-0.3, -0.25) is 14.4 Å². The molecule has 0 saturated carbocycles. The van der Waals surface area contributed by atoms with Gasteiger partial charge < -0.3 is 25.0 Å². The average Bonchev–Trinajstić information content (AvgIpc) is 3.24. The molecule has 0 bridgehead atoms. The number of aromatic nitrogens is 1. The summed E-state index contributed by atoms with van der Waals surface area (Å²) in [6.45, 7) is -0.212. The lowest BCUT2D eigenvalue weighted by molar-refractivity contribution is -0.137. The molecule has 1 aliphatic rings. The number of carboxylic acids is 1. The van der Waals surface area contributed by atoms with Gasteiger partial charge in [-0.05, 0) is 67.1 Å². The fourth-order valence-corrected chi connectivity index (χ4v) is 5.67. The van der Waals surface area contributed by atoms with E-state index in [2.05, 4.69) is 10.6 Å². The minimum absolute atomic E-state index is 0.0148. The molecule has 2 amide bonds. The van der Waals surface area contributed by atoms with Crippen molar-refractivity contribution in [1.29, 1.82) is 0 Å². The molecule has 0 fully saturated rings. The molecule has 1 heterocycles. The Morgan fingerprint density at radius 3 is 2.63 bits per heavy atom. The number of halogens is 1. The molecule has 9 heteroatoms. The molecule has 1 aromatic heterocycles. The summed E-state index contributed by atoms with van der Waals surface area (Å²) < 4.78 is 21.1. The molecule has 1 aliphatic carbocycles. The summed E-state index contributed by atoms with van der Waals surface area (Å²) in [7, 11) is 1.55. The Kier molecular flexibility index (Phi) is 8.33. The van der Waals surface area contributed by atoms with Crippen molar-refractivity contribution in [2.24, 2.45) is 5.92 Å². The van der Waals surface area contributed by atoms with Crippen LogP contribution < -0.4 is 15.4 Å². The first-order valence-corrected chi connectivity index (χ1v) is 13.6. The fourth-order valence-electron chi connectivity index (χ4n) is 5.67. The van der Waals surface area contributed by atoms with Crippen molar-refractivity contribution < 1.29 is 28.6 Å². The SMILES string of the molecule is COc1cccc(NC(=O)C[C@H](Cc2ccccc2)C(=O)N[C@H]2CCc3c(c4cc(F)ccc4n3CC(=O)O)C2)c1. The smallest absolute Gasteiger partial charge is 0.323 e. The Balaban J connectivity index is 1.34. The second-order valence-corrected chi connectivity index (χ2v) is 10.4. The van der Waals surface area contributed by atoms with Gasteiger partial charge in [0.15, 0.2) is 0 Å². The molecule has 212 valence electrons. The van der Waals surface area contributed by atoms with Gasteiger partial charge in [0.2, 0.25) is 11.8 Å². The summed E-state index contributed by atoms with van der Waals surface area (Å²) in [6, 6.07) is 20.7. The zero-order valence-electron chi connectivity index (χ0n) is 22.7. The molecule has 4 aromatic rings. The number of carbonyl (C=O) groups is 3. The van der Waals surface area contributed by atoms with Crippen LogP contribution in [0.15, 0.2) is 72.8 Å². The van der Waals surface area contributed by atoms with Crippen LogP contribution in [-0.4, -0.2) is 40.6 Å². The lowest BCUT2D eigenvalue weighted by Gasteiger charge is -2.27. The van der Waals surface area contributed by atoms with Crippen molar-refractivity contribution in [3.63, 3.8) is 0 Å². The molecule has 0 saturated heterocycles. The Morgan fingerprint density at radius 2 is 1.88 bits per heavy atom. The molecule has 3 N–H and O–H groups in total. The lowest BCUT2D eigenvalue weighted by atomic mass is 9.89. The topological polar surface area (TPSA) is 110 Å². The van der Waals surface area contributed by atoms with Gasteiger partial charge in [0.05, 0.1) is 13.0 Å². The number of methoxy groups -OCH3 is 1. The number of aliphatic carboxylic acids is 1. The molecule has 0 unspecified atom stereocenters. The third-order valence-electron chi connectivity index (χ3n) is 7.55. The molecule has 41 heavy (non-hydrogen) atoms. The van der Waals surface area contributed by atoms with Gasteiger partial charge in [0, 0.05) is 40.8 Å². The van der Waals surface area contributed by atoms with Gasteiger partial charge in [-0.25, -0.2) is 4.39 Å². The monoisotopic (exact) mass is 557 g/mol. The number of benzene rings is 3. The molecule has 5 rings (SSSR count). The maximum Gasteiger partial charge on any atom is 0.323 e. The molecule has 2 atom stereocenters. The van der Waals surface area contributed by atoms with Gasteiger partial charge in [-0.15, -0.1) is 0 Å². The molecular formula is C32H32FN3O5. The second kappa shape index (κ2) is 12.2. The van der Waals surface area contributed by atoms with Crippen molar-refractivity contribution in [2.45, 2.75) is 44.7 Å². The van der Waals surface area contributed by atoms with Gasteiger partial charge in [0.25, 0.3) is 0 Å². The highest BCUT2D eigenvalue weighted by molar-refractivity contribution is 5.94. The number of hydrogen-bond acceptors (Lipinski definition) is 4. The first-order valence-electron chi connectivity index (χ1n) is 13.6. The van der Waals surface area contributed by atoms with Crippen molar-refractivity contribution in [3.05, 3.63) is 95.4 Å². The van der Waals surface area contributed by atoms with Crippen molar-refractivity contribution in [1.82, 2.24) is 9.88 Å². The van der Waals surface area contributed by atoms with Gasteiger partial charge in [-0.1, -0.05) is 36.4 Å². The molecular weight excluding hydrogens is 525 g/mol. The van der Waals surface area contributed by atoms with E-state index in [-0.39, 0.29) is 30.8 Å². The van der Waals surface area contributed by atoms with E-state index >= 15 is 0 Å². The maximum absolute atomic E-state index is 14.2. The van der Waals surface area contributed by atoms with Crippen LogP contribution in [0, 0.1) is 11.7 Å². The van der Waals surface area contributed by atoms with Crippen LogP contribution in [0.2, 0.25) is 0 Å². The molecule has 0 spiro atoms. The lowest BCUT2D eigenvalue weighted by Crippen LogP contribution is -2.43. The van der Waals surface area contributed by atoms with E-state index in [1.807, 2.05) is 30.3 Å². The van der Waals surface area contributed by atoms with Crippen LogP contribution in [0.3, 0.4) is 0 Å². The number of rotatable bonds is 10. The van der Waals surface area contributed by atoms with Crippen LogP contribution in [0.1, 0.15) is 29.7 Å². The van der Waals surface area contributed by atoms with E-state index in [0.717, 1.165) is 16.8 Å². The van der Waals surface area contributed by atoms with E-state index in [4.69, 9.17) is 4.74 Å². The number of ether oxygens (including phenoxy) is 1. The van der Waals surface area contributed by atoms with Crippen LogP contribution >= 0.6 is 0 Å². The van der Waals surface area contributed by atoms with Crippen LogP contribution in [-0.2, 0) is 40.2 Å². The zero-order chi connectivity index (χ0) is 28.9. The van der Waals surface area contributed by atoms with E-state index in [1.54, 1.807) is 42.0 Å². The molecule has 8 nitrogen and oxygen atoms in total. The maximum atomic E-state index is 14.2. The van der Waals surface area contributed by atoms with E-state index in [9.17, 15) is 23.9 Å². The number of nitrogens with one attached hydrogen (secondary N) is 2. The van der Waals surface area contributed by atoms with Crippen LogP contribution in [0.4, 0.5) is 10.1 Å². The van der Waals surface area contributed by atoms with Gasteiger partial charge >= 0.3 is 5.97 Å². The summed E-state index contributed by atoms with van der Waals surface area (Å²) in [6.07, 6.45) is 1.97.